The van der Waals surface area contributed by atoms with Crippen LogP contribution in [0, 0.1) is 11.8 Å². The fourth-order valence-corrected chi connectivity index (χ4v) is 4.98. The minimum atomic E-state index is -4.83. The maximum atomic E-state index is 12.1. The largest absolute Gasteiger partial charge is 0.744 e. The summed E-state index contributed by atoms with van der Waals surface area (Å²) < 4.78 is 47.4. The van der Waals surface area contributed by atoms with E-state index in [0.29, 0.717) is 34.8 Å². The number of aliphatic hydroxyl groups is 1. The van der Waals surface area contributed by atoms with Crippen LogP contribution in [0.2, 0.25) is 0 Å². The minimum Gasteiger partial charge on any atom is -0.744 e. The van der Waals surface area contributed by atoms with Crippen molar-refractivity contribution >= 4 is 10.1 Å². The molecule has 7 heteroatoms. The summed E-state index contributed by atoms with van der Waals surface area (Å²) in [5.41, 5.74) is 1.76. The highest BCUT2D eigenvalue weighted by atomic mass is 32.2. The molecule has 0 aliphatic carbocycles. The molecule has 0 aromatic heterocycles. The van der Waals surface area contributed by atoms with E-state index in [2.05, 4.69) is 18.8 Å². The van der Waals surface area contributed by atoms with Gasteiger partial charge in [-0.2, -0.15) is 0 Å². The first kappa shape index (κ1) is 31.2. The molecule has 6 nitrogen and oxygen atoms in total. The van der Waals surface area contributed by atoms with Crippen molar-refractivity contribution in [1.82, 2.24) is 0 Å². The van der Waals surface area contributed by atoms with Crippen LogP contribution < -0.4 is 9.47 Å². The van der Waals surface area contributed by atoms with Crippen molar-refractivity contribution in [2.75, 3.05) is 6.61 Å². The molecule has 0 fully saturated rings. The van der Waals surface area contributed by atoms with Crippen LogP contribution in [0.25, 0.3) is 11.1 Å². The first-order valence-electron chi connectivity index (χ1n) is 14.1. The zero-order chi connectivity index (χ0) is 28.8. The summed E-state index contributed by atoms with van der Waals surface area (Å²) in [6, 6.07) is 18.2. The van der Waals surface area contributed by atoms with Gasteiger partial charge >= 0.3 is 0 Å². The third-order valence-electron chi connectivity index (χ3n) is 6.51. The molecule has 0 saturated carbocycles. The number of hydrogen-bond acceptors (Lipinski definition) is 6. The van der Waals surface area contributed by atoms with E-state index in [1.807, 2.05) is 6.92 Å². The molecule has 0 heterocycles. The van der Waals surface area contributed by atoms with Gasteiger partial charge in [0.1, 0.15) is 33.5 Å². The Bertz CT molecular complexity index is 1370. The summed E-state index contributed by atoms with van der Waals surface area (Å²) in [6.07, 6.45) is 9.64. The van der Waals surface area contributed by atoms with Gasteiger partial charge in [0.2, 0.25) is 0 Å². The second-order valence-corrected chi connectivity index (χ2v) is 11.0. The monoisotopic (exact) mass is 563 g/mol. The minimum absolute atomic E-state index is 0.0640. The number of hydrogen-bond donors (Lipinski definition) is 1. The van der Waals surface area contributed by atoms with Crippen LogP contribution in [0.1, 0.15) is 83.3 Å². The predicted molar refractivity (Wildman–Crippen MR) is 157 cm³/mol. The van der Waals surface area contributed by atoms with Crippen molar-refractivity contribution in [3.05, 3.63) is 72.3 Å². The summed E-state index contributed by atoms with van der Waals surface area (Å²) >= 11 is 0. The first-order chi connectivity index (χ1) is 19.3. The van der Waals surface area contributed by atoms with Crippen molar-refractivity contribution in [2.24, 2.45) is 0 Å². The molecule has 0 radical (unpaired) electrons. The van der Waals surface area contributed by atoms with Gasteiger partial charge in [-0.15, -0.1) is 5.92 Å². The van der Waals surface area contributed by atoms with Crippen LogP contribution in [0.3, 0.4) is 0 Å². The molecule has 214 valence electrons. The summed E-state index contributed by atoms with van der Waals surface area (Å²) in [7, 11) is -4.83. The Kier molecular flexibility index (Phi) is 12.5. The van der Waals surface area contributed by atoms with Gasteiger partial charge in [0.25, 0.3) is 0 Å². The number of rotatable bonds is 15. The Morgan fingerprint density at radius 2 is 1.48 bits per heavy atom. The van der Waals surface area contributed by atoms with E-state index in [9.17, 15) is 18.1 Å². The fraction of sp³-hybridized carbons (Fsp3) is 0.394. The molecule has 0 aliphatic rings. The Balaban J connectivity index is 1.66. The number of benzene rings is 3. The highest BCUT2D eigenvalue weighted by Crippen LogP contribution is 2.34. The Morgan fingerprint density at radius 3 is 2.15 bits per heavy atom. The molecule has 0 amide bonds. The molecule has 3 aromatic carbocycles. The number of aliphatic hydroxyl groups excluding tert-OH is 1. The smallest absolute Gasteiger partial charge is 0.144 e. The quantitative estimate of drug-likeness (QED) is 0.114. The van der Waals surface area contributed by atoms with Crippen molar-refractivity contribution in [1.29, 1.82) is 0 Å². The average molecular weight is 564 g/mol. The van der Waals surface area contributed by atoms with Gasteiger partial charge in [-0.1, -0.05) is 82.1 Å². The topological polar surface area (TPSA) is 95.9 Å². The van der Waals surface area contributed by atoms with Crippen LogP contribution in [0.5, 0.6) is 17.2 Å². The van der Waals surface area contributed by atoms with Crippen molar-refractivity contribution < 1.29 is 27.6 Å². The molecule has 1 atom stereocenters. The Hall–Kier alpha value is -3.31. The van der Waals surface area contributed by atoms with Crippen LogP contribution in [-0.2, 0) is 10.1 Å². The zero-order valence-corrected chi connectivity index (χ0v) is 24.2. The van der Waals surface area contributed by atoms with E-state index >= 15 is 0 Å². The van der Waals surface area contributed by atoms with Crippen LogP contribution in [-0.4, -0.2) is 24.7 Å². The third kappa shape index (κ3) is 10.0. The second-order valence-electron chi connectivity index (χ2n) is 9.70. The lowest BCUT2D eigenvalue weighted by molar-refractivity contribution is 0.238. The van der Waals surface area contributed by atoms with Gasteiger partial charge < -0.3 is 19.1 Å². The lowest BCUT2D eigenvalue weighted by Gasteiger charge is -2.16. The van der Waals surface area contributed by atoms with Gasteiger partial charge in [-0.25, -0.2) is 8.42 Å². The third-order valence-corrected chi connectivity index (χ3v) is 7.36. The fourth-order valence-electron chi connectivity index (χ4n) is 4.35. The van der Waals surface area contributed by atoms with E-state index in [-0.39, 0.29) is 5.75 Å². The first-order valence-corrected chi connectivity index (χ1v) is 15.5. The predicted octanol–water partition coefficient (Wildman–Crippen LogP) is 8.02. The van der Waals surface area contributed by atoms with Crippen LogP contribution >= 0.6 is 0 Å². The molecular formula is C33H39O6S-. The molecule has 1 unspecified atom stereocenters. The van der Waals surface area contributed by atoms with E-state index in [4.69, 9.17) is 9.47 Å². The Morgan fingerprint density at radius 1 is 0.825 bits per heavy atom. The van der Waals surface area contributed by atoms with Crippen molar-refractivity contribution in [3.63, 3.8) is 0 Å². The Labute approximate surface area is 239 Å². The molecular weight excluding hydrogens is 524 g/mol. The molecule has 0 saturated heterocycles. The van der Waals surface area contributed by atoms with Gasteiger partial charge in [0, 0.05) is 6.42 Å². The normalized spacial score (nSPS) is 11.9. The molecule has 0 spiro atoms. The maximum absolute atomic E-state index is 12.1. The number of ether oxygens (including phenoxy) is 2. The van der Waals surface area contributed by atoms with E-state index in [0.717, 1.165) is 19.3 Å². The van der Waals surface area contributed by atoms with Gasteiger partial charge in [0.05, 0.1) is 11.5 Å². The van der Waals surface area contributed by atoms with E-state index in [1.54, 1.807) is 54.6 Å². The molecule has 40 heavy (non-hydrogen) atoms. The van der Waals surface area contributed by atoms with Gasteiger partial charge in [0.15, 0.2) is 0 Å². The van der Waals surface area contributed by atoms with Crippen molar-refractivity contribution in [2.45, 2.75) is 82.6 Å². The highest BCUT2D eigenvalue weighted by molar-refractivity contribution is 7.85. The summed E-state index contributed by atoms with van der Waals surface area (Å²) in [6.45, 7) is 4.61. The van der Waals surface area contributed by atoms with Crippen LogP contribution in [0.4, 0.5) is 0 Å². The highest BCUT2D eigenvalue weighted by Gasteiger charge is 2.15. The molecule has 3 rings (SSSR count). The molecule has 3 aromatic rings. The van der Waals surface area contributed by atoms with Crippen LogP contribution in [0.15, 0.2) is 71.6 Å². The summed E-state index contributed by atoms with van der Waals surface area (Å²) in [5, 5.41) is 10.6. The SMILES string of the molecule is CCCCCCCCCCC#CC(O)c1cccc(-c2ccc(Oc3ccc(OCC)cc3)c(S(=O)(=O)[O-])c2)c1. The van der Waals surface area contributed by atoms with E-state index < -0.39 is 21.1 Å². The molecule has 0 bridgehead atoms. The maximum Gasteiger partial charge on any atom is 0.144 e. The van der Waals surface area contributed by atoms with Gasteiger partial charge in [-0.05, 0) is 72.5 Å². The lowest BCUT2D eigenvalue weighted by Crippen LogP contribution is -2.02. The lowest BCUT2D eigenvalue weighted by atomic mass is 10.0. The summed E-state index contributed by atoms with van der Waals surface area (Å²) in [5.74, 6) is 6.95. The second kappa shape index (κ2) is 16.1. The van der Waals surface area contributed by atoms with Crippen molar-refractivity contribution in [3.8, 4) is 40.2 Å². The number of unbranched alkanes of at least 4 members (excludes halogenated alkanes) is 8. The zero-order valence-electron chi connectivity index (χ0n) is 23.4. The van der Waals surface area contributed by atoms with E-state index in [1.165, 1.54) is 50.7 Å². The average Bonchev–Trinajstić information content (AvgIpc) is 2.95. The standard InChI is InChI=1S/C33H40O6S/c1-3-5-6-7-8-9-10-11-12-13-17-31(34)28-16-14-15-26(24-28)27-18-23-32(33(25-27)40(35,36)37)39-30-21-19-29(20-22-30)38-4-2/h14-16,18-25,31,34H,3-12H2,1-2H3,(H,35,36,37)/p-1. The van der Waals surface area contributed by atoms with Gasteiger partial charge in [-0.3, -0.25) is 0 Å². The molecule has 1 N–H and O–H groups in total. The summed E-state index contributed by atoms with van der Waals surface area (Å²) in [4.78, 5) is -0.463. The molecule has 0 aliphatic heterocycles.